The summed E-state index contributed by atoms with van der Waals surface area (Å²) in [5.74, 6) is 0.962. The fraction of sp³-hybridized carbons (Fsp3) is 0.250. The monoisotopic (exact) mass is 385 g/mol. The van der Waals surface area contributed by atoms with E-state index < -0.39 is 0 Å². The van der Waals surface area contributed by atoms with Gasteiger partial charge in [-0.05, 0) is 42.4 Å². The van der Waals surface area contributed by atoms with Gasteiger partial charge in [0.2, 0.25) is 0 Å². The molecule has 0 saturated carbocycles. The molecule has 0 saturated heterocycles. The molecule has 0 amide bonds. The van der Waals surface area contributed by atoms with Crippen molar-refractivity contribution >= 4 is 39.1 Å². The zero-order valence-electron chi connectivity index (χ0n) is 11.4. The van der Waals surface area contributed by atoms with Gasteiger partial charge in [0.25, 0.3) is 0 Å². The van der Waals surface area contributed by atoms with Crippen molar-refractivity contribution in [2.75, 3.05) is 13.7 Å². The van der Waals surface area contributed by atoms with E-state index in [1.54, 1.807) is 6.07 Å². The molecule has 1 aliphatic rings. The third-order valence-corrected chi connectivity index (χ3v) is 4.67. The Morgan fingerprint density at radius 1 is 1.19 bits per heavy atom. The predicted molar refractivity (Wildman–Crippen MR) is 90.7 cm³/mol. The molecule has 0 aromatic heterocycles. The van der Waals surface area contributed by atoms with Gasteiger partial charge in [-0.15, -0.1) is 0 Å². The number of hydrogen-bond acceptors (Lipinski definition) is 2. The average molecular weight is 387 g/mol. The van der Waals surface area contributed by atoms with E-state index >= 15 is 0 Å². The van der Waals surface area contributed by atoms with E-state index in [0.29, 0.717) is 10.0 Å². The Hall–Kier alpha value is -0.740. The molecule has 0 spiro atoms. The third kappa shape index (κ3) is 2.93. The first-order valence-corrected chi connectivity index (χ1v) is 8.22. The highest BCUT2D eigenvalue weighted by atomic mass is 79.9. The third-order valence-electron chi connectivity index (χ3n) is 3.65. The van der Waals surface area contributed by atoms with Crippen LogP contribution in [0, 0.1) is 0 Å². The van der Waals surface area contributed by atoms with Gasteiger partial charge in [-0.1, -0.05) is 45.2 Å². The lowest BCUT2D eigenvalue weighted by Gasteiger charge is -2.21. The van der Waals surface area contributed by atoms with Gasteiger partial charge < -0.3 is 10.1 Å². The summed E-state index contributed by atoms with van der Waals surface area (Å²) in [6, 6.07) is 9.72. The molecule has 0 aliphatic carbocycles. The number of hydrogen-bond donors (Lipinski definition) is 1. The number of rotatable bonds is 3. The summed E-state index contributed by atoms with van der Waals surface area (Å²) in [6.07, 6.45) is 0.937. The number of halogens is 3. The highest BCUT2D eigenvalue weighted by Gasteiger charge is 2.25. The average Bonchev–Trinajstić information content (AvgIpc) is 2.89. The van der Waals surface area contributed by atoms with Gasteiger partial charge in [0.05, 0.1) is 12.6 Å². The Kier molecular flexibility index (Phi) is 4.46. The highest BCUT2D eigenvalue weighted by molar-refractivity contribution is 9.10. The van der Waals surface area contributed by atoms with Gasteiger partial charge in [-0.25, -0.2) is 0 Å². The lowest BCUT2D eigenvalue weighted by atomic mass is 9.96. The molecule has 1 N–H and O–H groups in total. The zero-order chi connectivity index (χ0) is 15.0. The van der Waals surface area contributed by atoms with Gasteiger partial charge in [-0.2, -0.15) is 0 Å². The lowest BCUT2D eigenvalue weighted by molar-refractivity contribution is 0.351. The van der Waals surface area contributed by atoms with Crippen LogP contribution in [0.1, 0.15) is 22.7 Å². The maximum atomic E-state index is 6.37. The molecule has 1 atom stereocenters. The van der Waals surface area contributed by atoms with Crippen LogP contribution in [0.5, 0.6) is 5.75 Å². The maximum Gasteiger partial charge on any atom is 0.127 e. The minimum absolute atomic E-state index is 0.0425. The fourth-order valence-corrected chi connectivity index (χ4v) is 3.77. The van der Waals surface area contributed by atoms with E-state index in [0.717, 1.165) is 34.4 Å². The summed E-state index contributed by atoms with van der Waals surface area (Å²) in [6.45, 7) is 0.726. The van der Waals surface area contributed by atoms with E-state index in [1.807, 2.05) is 19.2 Å². The van der Waals surface area contributed by atoms with Crippen molar-refractivity contribution in [2.24, 2.45) is 0 Å². The molecular formula is C16H14BrCl2NO. The summed E-state index contributed by atoms with van der Waals surface area (Å²) >= 11 is 15.9. The standard InChI is InChI=1S/C16H14BrCl2NO/c1-20-15(12-3-2-11(18)8-14(12)19)13-7-10(17)6-9-4-5-21-16(9)13/h2-3,6-8,15,20H,4-5H2,1H3. The van der Waals surface area contributed by atoms with Gasteiger partial charge in [-0.3, -0.25) is 0 Å². The van der Waals surface area contributed by atoms with Crippen LogP contribution in [0.15, 0.2) is 34.8 Å². The van der Waals surface area contributed by atoms with Crippen molar-refractivity contribution in [2.45, 2.75) is 12.5 Å². The second-order valence-corrected chi connectivity index (χ2v) is 6.73. The van der Waals surface area contributed by atoms with Crippen molar-refractivity contribution in [3.8, 4) is 5.75 Å². The molecule has 1 aliphatic heterocycles. The summed E-state index contributed by atoms with van der Waals surface area (Å²) in [4.78, 5) is 0. The molecule has 2 aromatic carbocycles. The molecular weight excluding hydrogens is 373 g/mol. The summed E-state index contributed by atoms with van der Waals surface area (Å²) in [5, 5.41) is 4.60. The van der Waals surface area contributed by atoms with Crippen molar-refractivity contribution in [1.29, 1.82) is 0 Å². The van der Waals surface area contributed by atoms with Crippen LogP contribution in [0.3, 0.4) is 0 Å². The van der Waals surface area contributed by atoms with Crippen LogP contribution in [0.4, 0.5) is 0 Å². The largest absolute Gasteiger partial charge is 0.493 e. The van der Waals surface area contributed by atoms with Crippen LogP contribution in [0.25, 0.3) is 0 Å². The second kappa shape index (κ2) is 6.17. The zero-order valence-corrected chi connectivity index (χ0v) is 14.5. The molecule has 3 rings (SSSR count). The lowest BCUT2D eigenvalue weighted by Crippen LogP contribution is -2.19. The number of benzene rings is 2. The summed E-state index contributed by atoms with van der Waals surface area (Å²) in [5.41, 5.74) is 3.30. The number of ether oxygens (including phenoxy) is 1. The highest BCUT2D eigenvalue weighted by Crippen LogP contribution is 2.40. The van der Waals surface area contributed by atoms with E-state index in [2.05, 4.69) is 33.4 Å². The van der Waals surface area contributed by atoms with E-state index in [-0.39, 0.29) is 6.04 Å². The van der Waals surface area contributed by atoms with Crippen molar-refractivity contribution in [3.63, 3.8) is 0 Å². The SMILES string of the molecule is CNC(c1ccc(Cl)cc1Cl)c1cc(Br)cc2c1OCC2. The van der Waals surface area contributed by atoms with Crippen molar-refractivity contribution in [3.05, 3.63) is 61.5 Å². The van der Waals surface area contributed by atoms with Crippen LogP contribution in [0.2, 0.25) is 10.0 Å². The Balaban J connectivity index is 2.13. The van der Waals surface area contributed by atoms with Gasteiger partial charge in [0.1, 0.15) is 5.75 Å². The first-order valence-electron chi connectivity index (χ1n) is 6.67. The Morgan fingerprint density at radius 3 is 2.71 bits per heavy atom. The molecule has 2 nitrogen and oxygen atoms in total. The van der Waals surface area contributed by atoms with E-state index in [1.165, 1.54) is 5.56 Å². The first-order chi connectivity index (χ1) is 10.1. The molecule has 5 heteroatoms. The Bertz CT molecular complexity index is 690. The minimum Gasteiger partial charge on any atom is -0.493 e. The Morgan fingerprint density at radius 2 is 2.00 bits per heavy atom. The Labute approximate surface area is 142 Å². The molecule has 0 radical (unpaired) electrons. The molecule has 1 unspecified atom stereocenters. The molecule has 1 heterocycles. The molecule has 0 fully saturated rings. The van der Waals surface area contributed by atoms with Crippen LogP contribution in [-0.4, -0.2) is 13.7 Å². The summed E-state index contributed by atoms with van der Waals surface area (Å²) in [7, 11) is 1.91. The predicted octanol–water partition coefficient (Wildman–Crippen LogP) is 5.00. The van der Waals surface area contributed by atoms with Crippen molar-refractivity contribution < 1.29 is 4.74 Å². The van der Waals surface area contributed by atoms with Crippen LogP contribution in [-0.2, 0) is 6.42 Å². The smallest absolute Gasteiger partial charge is 0.127 e. The molecule has 2 aromatic rings. The van der Waals surface area contributed by atoms with Gasteiger partial charge in [0, 0.05) is 26.5 Å². The molecule has 110 valence electrons. The number of fused-ring (bicyclic) bond motifs is 1. The summed E-state index contributed by atoms with van der Waals surface area (Å²) < 4.78 is 6.87. The van der Waals surface area contributed by atoms with Crippen LogP contribution >= 0.6 is 39.1 Å². The fourth-order valence-electron chi connectivity index (χ4n) is 2.73. The second-order valence-electron chi connectivity index (χ2n) is 4.97. The number of nitrogens with one attached hydrogen (secondary N) is 1. The topological polar surface area (TPSA) is 21.3 Å². The van der Waals surface area contributed by atoms with Crippen molar-refractivity contribution in [1.82, 2.24) is 5.32 Å². The normalized spacial score (nSPS) is 14.7. The molecule has 21 heavy (non-hydrogen) atoms. The quantitative estimate of drug-likeness (QED) is 0.801. The minimum atomic E-state index is -0.0425. The van der Waals surface area contributed by atoms with Gasteiger partial charge >= 0.3 is 0 Å². The maximum absolute atomic E-state index is 6.37. The van der Waals surface area contributed by atoms with Crippen LogP contribution < -0.4 is 10.1 Å². The van der Waals surface area contributed by atoms with Gasteiger partial charge in [0.15, 0.2) is 0 Å². The first kappa shape index (κ1) is 15.2. The van der Waals surface area contributed by atoms with E-state index in [9.17, 15) is 0 Å². The van der Waals surface area contributed by atoms with E-state index in [4.69, 9.17) is 27.9 Å². The molecule has 0 bridgehead atoms.